The van der Waals surface area contributed by atoms with E-state index in [0.29, 0.717) is 18.0 Å². The van der Waals surface area contributed by atoms with E-state index in [2.05, 4.69) is 0 Å². The molecule has 5 heteroatoms. The lowest BCUT2D eigenvalue weighted by Gasteiger charge is -2.36. The van der Waals surface area contributed by atoms with Gasteiger partial charge in [-0.15, -0.1) is 0 Å². The van der Waals surface area contributed by atoms with Crippen molar-refractivity contribution in [3.8, 4) is 0 Å². The lowest BCUT2D eigenvalue weighted by Crippen LogP contribution is -2.46. The van der Waals surface area contributed by atoms with Gasteiger partial charge in [-0.05, 0) is 25.0 Å². The molecule has 4 nitrogen and oxygen atoms in total. The summed E-state index contributed by atoms with van der Waals surface area (Å²) >= 11 is 0. The minimum absolute atomic E-state index is 0.142. The van der Waals surface area contributed by atoms with Gasteiger partial charge in [0.05, 0.1) is 4.90 Å². The predicted molar refractivity (Wildman–Crippen MR) is 67.0 cm³/mol. The minimum atomic E-state index is -3.37. The van der Waals surface area contributed by atoms with Crippen molar-refractivity contribution in [1.29, 1.82) is 0 Å². The van der Waals surface area contributed by atoms with Gasteiger partial charge >= 0.3 is 0 Å². The highest BCUT2D eigenvalue weighted by Gasteiger charge is 2.33. The molecule has 0 bridgehead atoms. The van der Waals surface area contributed by atoms with Crippen molar-refractivity contribution < 1.29 is 8.42 Å². The zero-order valence-corrected chi connectivity index (χ0v) is 10.6. The van der Waals surface area contributed by atoms with Crippen LogP contribution in [0.5, 0.6) is 0 Å². The van der Waals surface area contributed by atoms with E-state index in [0.717, 1.165) is 19.3 Å². The van der Waals surface area contributed by atoms with E-state index < -0.39 is 10.0 Å². The van der Waals surface area contributed by atoms with Crippen LogP contribution in [-0.2, 0) is 10.0 Å². The molecule has 0 aliphatic heterocycles. The zero-order valence-electron chi connectivity index (χ0n) is 9.75. The van der Waals surface area contributed by atoms with Gasteiger partial charge in [-0.1, -0.05) is 24.6 Å². The van der Waals surface area contributed by atoms with Crippen LogP contribution in [0.15, 0.2) is 35.2 Å². The highest BCUT2D eigenvalue weighted by molar-refractivity contribution is 7.89. The van der Waals surface area contributed by atoms with Crippen molar-refractivity contribution in [1.82, 2.24) is 4.31 Å². The van der Waals surface area contributed by atoms with Crippen LogP contribution in [-0.4, -0.2) is 31.9 Å². The van der Waals surface area contributed by atoms with Crippen LogP contribution in [0, 0.1) is 0 Å². The second-order valence-corrected chi connectivity index (χ2v) is 6.19. The third-order valence-corrected chi connectivity index (χ3v) is 5.15. The Kier molecular flexibility index (Phi) is 3.81. The molecule has 0 heterocycles. The van der Waals surface area contributed by atoms with Crippen molar-refractivity contribution >= 4 is 10.0 Å². The van der Waals surface area contributed by atoms with Crippen LogP contribution in [0.2, 0.25) is 0 Å². The van der Waals surface area contributed by atoms with Gasteiger partial charge in [0.1, 0.15) is 0 Å². The van der Waals surface area contributed by atoms with E-state index in [1.807, 2.05) is 6.07 Å². The molecular formula is C12H18N2O2S. The van der Waals surface area contributed by atoms with E-state index in [4.69, 9.17) is 5.73 Å². The lowest BCUT2D eigenvalue weighted by molar-refractivity contribution is 0.223. The number of benzene rings is 1. The molecule has 1 aliphatic carbocycles. The van der Waals surface area contributed by atoms with E-state index in [1.54, 1.807) is 28.6 Å². The highest BCUT2D eigenvalue weighted by Crippen LogP contribution is 2.29. The van der Waals surface area contributed by atoms with Gasteiger partial charge in [0.25, 0.3) is 0 Å². The molecule has 0 spiro atoms. The Hall–Kier alpha value is -0.910. The number of nitrogens with two attached hydrogens (primary N) is 1. The van der Waals surface area contributed by atoms with Gasteiger partial charge in [0.2, 0.25) is 10.0 Å². The summed E-state index contributed by atoms with van der Waals surface area (Å²) in [5.41, 5.74) is 5.51. The Morgan fingerprint density at radius 2 is 1.88 bits per heavy atom. The number of hydrogen-bond donors (Lipinski definition) is 1. The Labute approximate surface area is 102 Å². The average Bonchev–Trinajstić information content (AvgIpc) is 2.27. The smallest absolute Gasteiger partial charge is 0.243 e. The van der Waals surface area contributed by atoms with Crippen LogP contribution >= 0.6 is 0 Å². The first-order valence-electron chi connectivity index (χ1n) is 5.93. The molecule has 2 rings (SSSR count). The molecule has 2 N–H and O–H groups in total. The zero-order chi connectivity index (χ0) is 12.3. The fraction of sp³-hybridized carbons (Fsp3) is 0.500. The molecule has 0 atom stereocenters. The summed E-state index contributed by atoms with van der Waals surface area (Å²) in [6.07, 6.45) is 3.01. The van der Waals surface area contributed by atoms with E-state index in [9.17, 15) is 8.42 Å². The van der Waals surface area contributed by atoms with Crippen molar-refractivity contribution in [2.75, 3.05) is 13.1 Å². The van der Waals surface area contributed by atoms with E-state index >= 15 is 0 Å². The third-order valence-electron chi connectivity index (χ3n) is 3.18. The fourth-order valence-corrected chi connectivity index (χ4v) is 3.75. The highest BCUT2D eigenvalue weighted by atomic mass is 32.2. The molecule has 1 fully saturated rings. The summed E-state index contributed by atoms with van der Waals surface area (Å²) < 4.78 is 26.4. The van der Waals surface area contributed by atoms with Crippen LogP contribution in [0.4, 0.5) is 0 Å². The fourth-order valence-electron chi connectivity index (χ4n) is 2.03. The summed E-state index contributed by atoms with van der Waals surface area (Å²) in [5.74, 6) is 0. The van der Waals surface area contributed by atoms with Gasteiger partial charge in [-0.25, -0.2) is 8.42 Å². The molecule has 0 saturated heterocycles. The minimum Gasteiger partial charge on any atom is -0.329 e. The van der Waals surface area contributed by atoms with Crippen molar-refractivity contribution in [3.05, 3.63) is 30.3 Å². The Bertz CT molecular complexity index is 455. The maximum absolute atomic E-state index is 12.4. The second-order valence-electron chi connectivity index (χ2n) is 4.30. The van der Waals surface area contributed by atoms with Crippen LogP contribution < -0.4 is 5.73 Å². The molecule has 1 saturated carbocycles. The van der Waals surface area contributed by atoms with Crippen molar-refractivity contribution in [3.63, 3.8) is 0 Å². The van der Waals surface area contributed by atoms with Crippen molar-refractivity contribution in [2.45, 2.75) is 30.2 Å². The topological polar surface area (TPSA) is 63.4 Å². The molecule has 94 valence electrons. The summed E-state index contributed by atoms with van der Waals surface area (Å²) in [4.78, 5) is 0.361. The standard InChI is InChI=1S/C12H18N2O2S/c13-9-10-14(11-5-4-6-11)17(15,16)12-7-2-1-3-8-12/h1-3,7-8,11H,4-6,9-10,13H2. The van der Waals surface area contributed by atoms with Gasteiger partial charge in [-0.3, -0.25) is 0 Å². The monoisotopic (exact) mass is 254 g/mol. The van der Waals surface area contributed by atoms with E-state index in [-0.39, 0.29) is 6.04 Å². The number of nitrogens with zero attached hydrogens (tertiary/aromatic N) is 1. The summed E-state index contributed by atoms with van der Waals surface area (Å²) in [6.45, 7) is 0.768. The first-order valence-corrected chi connectivity index (χ1v) is 7.37. The first-order chi connectivity index (χ1) is 8.16. The predicted octanol–water partition coefficient (Wildman–Crippen LogP) is 1.19. The molecule has 0 unspecified atom stereocenters. The molecule has 0 radical (unpaired) electrons. The third kappa shape index (κ3) is 2.51. The van der Waals surface area contributed by atoms with Crippen LogP contribution in [0.3, 0.4) is 0 Å². The van der Waals surface area contributed by atoms with Crippen LogP contribution in [0.25, 0.3) is 0 Å². The SMILES string of the molecule is NCCN(C1CCC1)S(=O)(=O)c1ccccc1. The number of hydrogen-bond acceptors (Lipinski definition) is 3. The molecular weight excluding hydrogens is 236 g/mol. The quantitative estimate of drug-likeness (QED) is 0.858. The normalized spacial score (nSPS) is 17.1. The maximum Gasteiger partial charge on any atom is 0.243 e. The van der Waals surface area contributed by atoms with Gasteiger partial charge in [0, 0.05) is 19.1 Å². The van der Waals surface area contributed by atoms with E-state index in [1.165, 1.54) is 0 Å². The van der Waals surface area contributed by atoms with Gasteiger partial charge < -0.3 is 5.73 Å². The Balaban J connectivity index is 2.28. The molecule has 1 aromatic rings. The molecule has 0 amide bonds. The molecule has 0 aromatic heterocycles. The van der Waals surface area contributed by atoms with Gasteiger partial charge in [-0.2, -0.15) is 4.31 Å². The summed E-state index contributed by atoms with van der Waals surface area (Å²) in [7, 11) is -3.37. The lowest BCUT2D eigenvalue weighted by atomic mass is 9.93. The second kappa shape index (κ2) is 5.16. The molecule has 17 heavy (non-hydrogen) atoms. The first kappa shape index (κ1) is 12.5. The summed E-state index contributed by atoms with van der Waals surface area (Å²) in [5, 5.41) is 0. The molecule has 1 aromatic carbocycles. The summed E-state index contributed by atoms with van der Waals surface area (Å²) in [6, 6.07) is 8.72. The maximum atomic E-state index is 12.4. The van der Waals surface area contributed by atoms with Gasteiger partial charge in [0.15, 0.2) is 0 Å². The number of sulfonamides is 1. The molecule has 1 aliphatic rings. The largest absolute Gasteiger partial charge is 0.329 e. The van der Waals surface area contributed by atoms with Crippen molar-refractivity contribution in [2.24, 2.45) is 5.73 Å². The Morgan fingerprint density at radius 3 is 2.35 bits per heavy atom. The average molecular weight is 254 g/mol. The van der Waals surface area contributed by atoms with Crippen LogP contribution in [0.1, 0.15) is 19.3 Å². The number of rotatable bonds is 5. The Morgan fingerprint density at radius 1 is 1.24 bits per heavy atom.